The fourth-order valence-corrected chi connectivity index (χ4v) is 4.81. The molecule has 4 rings (SSSR count). The summed E-state index contributed by atoms with van der Waals surface area (Å²) < 4.78 is 3.55. The van der Waals surface area contributed by atoms with E-state index in [1.165, 1.54) is 11.3 Å². The van der Waals surface area contributed by atoms with Crippen molar-refractivity contribution in [1.29, 1.82) is 0 Å². The third-order valence-corrected chi connectivity index (χ3v) is 6.65. The molecule has 34 heavy (non-hydrogen) atoms. The number of piperazine rings is 1. The number of nitrogens with zero attached hydrogens (tertiary/aromatic N) is 4. The monoisotopic (exact) mass is 463 g/mol. The molecule has 1 saturated heterocycles. The molecule has 7 nitrogen and oxygen atoms in total. The van der Waals surface area contributed by atoms with Crippen LogP contribution in [0.25, 0.3) is 11.0 Å². The van der Waals surface area contributed by atoms with Crippen LogP contribution in [0.5, 0.6) is 0 Å². The number of hydrogen-bond acceptors (Lipinski definition) is 4. The maximum Gasteiger partial charge on any atom is 0.329 e. The number of nitrogens with one attached hydrogen (secondary N) is 1. The summed E-state index contributed by atoms with van der Waals surface area (Å²) in [4.78, 5) is 30.2. The number of hydrogen-bond donors (Lipinski definition) is 1. The van der Waals surface area contributed by atoms with E-state index in [-0.39, 0.29) is 11.6 Å². The molecule has 1 fully saturated rings. The maximum atomic E-state index is 12.8. The third-order valence-electron chi connectivity index (χ3n) is 6.65. The van der Waals surface area contributed by atoms with E-state index in [9.17, 15) is 9.59 Å². The van der Waals surface area contributed by atoms with Crippen LogP contribution in [0.1, 0.15) is 31.7 Å². The quantitative estimate of drug-likeness (QED) is 0.469. The molecule has 1 aromatic heterocycles. The van der Waals surface area contributed by atoms with Crippen LogP contribution in [0.2, 0.25) is 0 Å². The number of fused-ring (bicyclic) bond motifs is 1. The summed E-state index contributed by atoms with van der Waals surface area (Å²) in [6, 6.07) is 16.5. The number of benzene rings is 2. The number of amides is 1. The molecular weight excluding hydrogens is 426 g/mol. The van der Waals surface area contributed by atoms with Crippen LogP contribution in [0, 0.1) is 6.92 Å². The summed E-state index contributed by atoms with van der Waals surface area (Å²) in [6.45, 7) is 11.1. The smallest absolute Gasteiger partial charge is 0.329 e. The third kappa shape index (κ3) is 5.70. The molecule has 1 N–H and O–H groups in total. The van der Waals surface area contributed by atoms with Crippen molar-refractivity contribution in [2.45, 2.75) is 46.2 Å². The summed E-state index contributed by atoms with van der Waals surface area (Å²) >= 11 is 0. The van der Waals surface area contributed by atoms with Gasteiger partial charge in [-0.2, -0.15) is 0 Å². The van der Waals surface area contributed by atoms with Crippen molar-refractivity contribution in [3.05, 3.63) is 64.6 Å². The molecule has 182 valence electrons. The van der Waals surface area contributed by atoms with Crippen molar-refractivity contribution in [3.63, 3.8) is 0 Å². The Kier molecular flexibility index (Phi) is 8.06. The van der Waals surface area contributed by atoms with Crippen molar-refractivity contribution in [2.75, 3.05) is 44.2 Å². The minimum Gasteiger partial charge on any atom is -0.369 e. The fourth-order valence-electron chi connectivity index (χ4n) is 4.81. The Labute approximate surface area is 202 Å². The zero-order valence-corrected chi connectivity index (χ0v) is 20.5. The standard InChI is InChI=1S/C27H37N5O2/c1-3-14-31-24-10-4-5-11-25(24)32(27(31)34)16-12-26(33)28-13-7-15-29-17-19-30(20-18-29)23-9-6-8-22(2)21-23/h4-6,8-11,21H,3,7,12-20H2,1-2H3,(H,28,33). The SMILES string of the molecule is CCCn1c(=O)n(CCC(=O)NCCCN2CCN(c3cccc(C)c3)CC2)c2ccccc21. The summed E-state index contributed by atoms with van der Waals surface area (Å²) in [5.74, 6) is 0.00323. The number of aryl methyl sites for hydroxylation is 3. The number of carbonyl (C=O) groups excluding carboxylic acids is 1. The van der Waals surface area contributed by atoms with Gasteiger partial charge in [-0.3, -0.25) is 18.8 Å². The number of rotatable bonds is 10. The Hall–Kier alpha value is -3.06. The first-order valence-corrected chi connectivity index (χ1v) is 12.6. The van der Waals surface area contributed by atoms with E-state index in [0.717, 1.165) is 56.6 Å². The number of carbonyl (C=O) groups is 1. The van der Waals surface area contributed by atoms with E-state index in [0.29, 0.717) is 26.1 Å². The van der Waals surface area contributed by atoms with Crippen LogP contribution < -0.4 is 15.9 Å². The molecule has 3 aromatic rings. The highest BCUT2D eigenvalue weighted by Crippen LogP contribution is 2.18. The van der Waals surface area contributed by atoms with E-state index in [2.05, 4.69) is 53.2 Å². The Bertz CT molecular complexity index is 1160. The van der Waals surface area contributed by atoms with Crippen LogP contribution in [0.3, 0.4) is 0 Å². The first-order valence-electron chi connectivity index (χ1n) is 12.6. The lowest BCUT2D eigenvalue weighted by Crippen LogP contribution is -2.47. The van der Waals surface area contributed by atoms with Gasteiger partial charge >= 0.3 is 5.69 Å². The molecule has 0 saturated carbocycles. The first kappa shape index (κ1) is 24.1. The van der Waals surface area contributed by atoms with Crippen LogP contribution in [-0.4, -0.2) is 59.2 Å². The molecule has 0 aliphatic carbocycles. The number of para-hydroxylation sites is 2. The number of aromatic nitrogens is 2. The van der Waals surface area contributed by atoms with E-state index in [1.54, 1.807) is 4.57 Å². The van der Waals surface area contributed by atoms with Gasteiger partial charge in [-0.1, -0.05) is 31.2 Å². The molecule has 2 heterocycles. The second-order valence-corrected chi connectivity index (χ2v) is 9.20. The van der Waals surface area contributed by atoms with Crippen LogP contribution in [0.4, 0.5) is 5.69 Å². The van der Waals surface area contributed by atoms with E-state index < -0.39 is 0 Å². The predicted molar refractivity (Wildman–Crippen MR) is 139 cm³/mol. The minimum absolute atomic E-state index is 0.00323. The van der Waals surface area contributed by atoms with Crippen molar-refractivity contribution in [2.24, 2.45) is 0 Å². The molecule has 0 spiro atoms. The normalized spacial score (nSPS) is 14.6. The van der Waals surface area contributed by atoms with Crippen molar-refractivity contribution < 1.29 is 4.79 Å². The number of imidazole rings is 1. The van der Waals surface area contributed by atoms with Crippen molar-refractivity contribution in [3.8, 4) is 0 Å². The lowest BCUT2D eigenvalue weighted by molar-refractivity contribution is -0.121. The lowest BCUT2D eigenvalue weighted by atomic mass is 10.2. The average molecular weight is 464 g/mol. The second-order valence-electron chi connectivity index (χ2n) is 9.20. The molecule has 0 radical (unpaired) electrons. The molecule has 0 bridgehead atoms. The molecule has 7 heteroatoms. The topological polar surface area (TPSA) is 62.5 Å². The van der Waals surface area contributed by atoms with Gasteiger partial charge in [0, 0.05) is 57.9 Å². The highest BCUT2D eigenvalue weighted by atomic mass is 16.2. The van der Waals surface area contributed by atoms with Gasteiger partial charge in [0.2, 0.25) is 5.91 Å². The molecule has 2 aromatic carbocycles. The van der Waals surface area contributed by atoms with Gasteiger partial charge in [-0.05, 0) is 56.1 Å². The van der Waals surface area contributed by atoms with Gasteiger partial charge in [-0.15, -0.1) is 0 Å². The molecule has 0 atom stereocenters. The van der Waals surface area contributed by atoms with Gasteiger partial charge < -0.3 is 10.2 Å². The summed E-state index contributed by atoms with van der Waals surface area (Å²) in [7, 11) is 0. The van der Waals surface area contributed by atoms with Crippen molar-refractivity contribution in [1.82, 2.24) is 19.4 Å². The van der Waals surface area contributed by atoms with Gasteiger partial charge in [0.25, 0.3) is 0 Å². The Morgan fingerprint density at radius 2 is 1.62 bits per heavy atom. The van der Waals surface area contributed by atoms with E-state index in [1.807, 2.05) is 28.8 Å². The Balaban J connectivity index is 1.18. The maximum absolute atomic E-state index is 12.8. The molecule has 1 aliphatic heterocycles. The van der Waals surface area contributed by atoms with Gasteiger partial charge in [0.05, 0.1) is 11.0 Å². The van der Waals surface area contributed by atoms with Crippen LogP contribution in [0.15, 0.2) is 53.3 Å². The van der Waals surface area contributed by atoms with E-state index in [4.69, 9.17) is 0 Å². The van der Waals surface area contributed by atoms with Crippen molar-refractivity contribution >= 4 is 22.6 Å². The van der Waals surface area contributed by atoms with Crippen LogP contribution >= 0.6 is 0 Å². The first-order chi connectivity index (χ1) is 16.6. The number of anilines is 1. The summed E-state index contributed by atoms with van der Waals surface area (Å²) in [6.07, 6.45) is 2.15. The lowest BCUT2D eigenvalue weighted by Gasteiger charge is -2.36. The Morgan fingerprint density at radius 3 is 2.29 bits per heavy atom. The Morgan fingerprint density at radius 1 is 0.912 bits per heavy atom. The highest BCUT2D eigenvalue weighted by molar-refractivity contribution is 5.78. The predicted octanol–water partition coefficient (Wildman–Crippen LogP) is 3.24. The average Bonchev–Trinajstić information content (AvgIpc) is 3.12. The molecule has 1 aliphatic rings. The summed E-state index contributed by atoms with van der Waals surface area (Å²) in [5.41, 5.74) is 4.42. The zero-order valence-electron chi connectivity index (χ0n) is 20.5. The van der Waals surface area contributed by atoms with Gasteiger partial charge in [-0.25, -0.2) is 4.79 Å². The van der Waals surface area contributed by atoms with Gasteiger partial charge in [0.1, 0.15) is 0 Å². The second kappa shape index (κ2) is 11.4. The molecule has 1 amide bonds. The largest absolute Gasteiger partial charge is 0.369 e. The minimum atomic E-state index is -0.0272. The van der Waals surface area contributed by atoms with Gasteiger partial charge in [0.15, 0.2) is 0 Å². The van der Waals surface area contributed by atoms with Crippen LogP contribution in [-0.2, 0) is 17.9 Å². The zero-order chi connectivity index (χ0) is 23.9. The molecular formula is C27H37N5O2. The fraction of sp³-hybridized carbons (Fsp3) is 0.481. The van der Waals surface area contributed by atoms with E-state index >= 15 is 0 Å². The highest BCUT2D eigenvalue weighted by Gasteiger charge is 2.17. The summed E-state index contributed by atoms with van der Waals surface area (Å²) in [5, 5.41) is 3.03. The molecule has 0 unspecified atom stereocenters.